The first-order chi connectivity index (χ1) is 13.5. The van der Waals surface area contributed by atoms with Gasteiger partial charge in [0.2, 0.25) is 0 Å². The number of benzene rings is 2. The highest BCUT2D eigenvalue weighted by Gasteiger charge is 2.12. The van der Waals surface area contributed by atoms with Gasteiger partial charge < -0.3 is 15.0 Å². The zero-order valence-corrected chi connectivity index (χ0v) is 15.3. The molecule has 0 spiro atoms. The van der Waals surface area contributed by atoms with Crippen LogP contribution in [0.4, 0.5) is 19.3 Å². The number of amides is 2. The minimum Gasteiger partial charge on any atom is -0.435 e. The Morgan fingerprint density at radius 3 is 2.71 bits per heavy atom. The highest BCUT2D eigenvalue weighted by molar-refractivity contribution is 5.89. The third-order valence-electron chi connectivity index (χ3n) is 3.95. The van der Waals surface area contributed by atoms with Crippen LogP contribution in [-0.2, 0) is 13.1 Å². The number of nitrogens with zero attached hydrogens (tertiary/aromatic N) is 3. The lowest BCUT2D eigenvalue weighted by atomic mass is 10.2. The average Bonchev–Trinajstić information content (AvgIpc) is 3.09. The molecule has 0 aliphatic rings. The topological polar surface area (TPSA) is 59.4 Å². The molecule has 146 valence electrons. The molecule has 1 N–H and O–H groups in total. The number of aromatic nitrogens is 2. The summed E-state index contributed by atoms with van der Waals surface area (Å²) in [6, 6.07) is 15.4. The summed E-state index contributed by atoms with van der Waals surface area (Å²) < 4.78 is 30.7. The molecule has 0 saturated heterocycles. The molecule has 1 heterocycles. The molecule has 0 radical (unpaired) electrons. The first-order valence-corrected chi connectivity index (χ1v) is 8.62. The standard InChI is InChI=1S/C20H20F2N4O2/c1-25(20(27)24-17-8-5-9-18(10-17)28-19(21)22)12-16-11-23-26(14-16)13-15-6-3-2-4-7-15/h2-11,14,19H,12-13H2,1H3,(H,24,27). The summed E-state index contributed by atoms with van der Waals surface area (Å²) in [4.78, 5) is 13.8. The summed E-state index contributed by atoms with van der Waals surface area (Å²) >= 11 is 0. The van der Waals surface area contributed by atoms with E-state index in [1.54, 1.807) is 19.3 Å². The number of halogens is 2. The van der Waals surface area contributed by atoms with E-state index >= 15 is 0 Å². The molecule has 0 aliphatic heterocycles. The fraction of sp³-hybridized carbons (Fsp3) is 0.200. The van der Waals surface area contributed by atoms with Crippen LogP contribution in [0, 0.1) is 0 Å². The van der Waals surface area contributed by atoms with Crippen LogP contribution in [0.5, 0.6) is 5.75 Å². The maximum Gasteiger partial charge on any atom is 0.387 e. The summed E-state index contributed by atoms with van der Waals surface area (Å²) in [5.74, 6) is -0.0161. The van der Waals surface area contributed by atoms with Crippen molar-refractivity contribution in [2.24, 2.45) is 0 Å². The van der Waals surface area contributed by atoms with Crippen LogP contribution >= 0.6 is 0 Å². The number of carbonyl (C=O) groups is 1. The molecule has 2 amide bonds. The second-order valence-corrected chi connectivity index (χ2v) is 6.22. The second-order valence-electron chi connectivity index (χ2n) is 6.22. The predicted molar refractivity (Wildman–Crippen MR) is 101 cm³/mol. The van der Waals surface area contributed by atoms with Crippen molar-refractivity contribution in [3.05, 3.63) is 78.1 Å². The highest BCUT2D eigenvalue weighted by atomic mass is 19.3. The summed E-state index contributed by atoms with van der Waals surface area (Å²) in [6.07, 6.45) is 3.59. The molecule has 0 unspecified atom stereocenters. The van der Waals surface area contributed by atoms with Crippen LogP contribution in [-0.4, -0.2) is 34.4 Å². The fourth-order valence-electron chi connectivity index (χ4n) is 2.66. The van der Waals surface area contributed by atoms with E-state index in [0.29, 0.717) is 18.8 Å². The zero-order chi connectivity index (χ0) is 19.9. The minimum absolute atomic E-state index is 0.0161. The molecule has 0 saturated carbocycles. The van der Waals surface area contributed by atoms with E-state index in [0.717, 1.165) is 11.1 Å². The minimum atomic E-state index is -2.92. The van der Waals surface area contributed by atoms with Gasteiger partial charge in [0.25, 0.3) is 0 Å². The number of hydrogen-bond donors (Lipinski definition) is 1. The van der Waals surface area contributed by atoms with Crippen molar-refractivity contribution in [3.63, 3.8) is 0 Å². The number of urea groups is 1. The van der Waals surface area contributed by atoms with E-state index < -0.39 is 6.61 Å². The largest absolute Gasteiger partial charge is 0.435 e. The van der Waals surface area contributed by atoms with Gasteiger partial charge in [-0.2, -0.15) is 13.9 Å². The lowest BCUT2D eigenvalue weighted by molar-refractivity contribution is -0.0497. The number of hydrogen-bond acceptors (Lipinski definition) is 3. The van der Waals surface area contributed by atoms with Crippen LogP contribution in [0.2, 0.25) is 0 Å². The molecule has 0 fully saturated rings. The summed E-state index contributed by atoms with van der Waals surface area (Å²) in [7, 11) is 1.64. The van der Waals surface area contributed by atoms with Crippen molar-refractivity contribution in [3.8, 4) is 5.75 Å². The molecule has 28 heavy (non-hydrogen) atoms. The number of ether oxygens (including phenoxy) is 1. The predicted octanol–water partition coefficient (Wildman–Crippen LogP) is 4.20. The maximum absolute atomic E-state index is 12.3. The van der Waals surface area contributed by atoms with Crippen molar-refractivity contribution in [1.82, 2.24) is 14.7 Å². The van der Waals surface area contributed by atoms with Crippen molar-refractivity contribution in [2.45, 2.75) is 19.7 Å². The monoisotopic (exact) mass is 386 g/mol. The van der Waals surface area contributed by atoms with E-state index in [-0.39, 0.29) is 11.8 Å². The number of carbonyl (C=O) groups excluding carboxylic acids is 1. The second kappa shape index (κ2) is 8.98. The van der Waals surface area contributed by atoms with E-state index in [2.05, 4.69) is 15.2 Å². The van der Waals surface area contributed by atoms with Crippen molar-refractivity contribution >= 4 is 11.7 Å². The van der Waals surface area contributed by atoms with Crippen LogP contribution < -0.4 is 10.1 Å². The van der Waals surface area contributed by atoms with Crippen LogP contribution in [0.15, 0.2) is 67.0 Å². The van der Waals surface area contributed by atoms with Crippen molar-refractivity contribution in [1.29, 1.82) is 0 Å². The Bertz CT molecular complexity index is 915. The molecular formula is C20H20F2N4O2. The summed E-state index contributed by atoms with van der Waals surface area (Å²) in [6.45, 7) is -1.91. The smallest absolute Gasteiger partial charge is 0.387 e. The number of nitrogens with one attached hydrogen (secondary N) is 1. The van der Waals surface area contributed by atoms with E-state index in [4.69, 9.17) is 0 Å². The van der Waals surface area contributed by atoms with Gasteiger partial charge in [0.05, 0.1) is 19.3 Å². The van der Waals surface area contributed by atoms with Gasteiger partial charge >= 0.3 is 12.6 Å². The molecular weight excluding hydrogens is 366 g/mol. The number of anilines is 1. The average molecular weight is 386 g/mol. The first-order valence-electron chi connectivity index (χ1n) is 8.62. The van der Waals surface area contributed by atoms with Gasteiger partial charge in [-0.1, -0.05) is 36.4 Å². The van der Waals surface area contributed by atoms with Gasteiger partial charge in [-0.25, -0.2) is 4.79 Å². The molecule has 3 rings (SSSR count). The summed E-state index contributed by atoms with van der Waals surface area (Å²) in [5, 5.41) is 6.97. The molecule has 0 bridgehead atoms. The zero-order valence-electron chi connectivity index (χ0n) is 15.3. The normalized spacial score (nSPS) is 10.7. The molecule has 2 aromatic carbocycles. The van der Waals surface area contributed by atoms with Crippen LogP contribution in [0.25, 0.3) is 0 Å². The third-order valence-corrected chi connectivity index (χ3v) is 3.95. The lowest BCUT2D eigenvalue weighted by Crippen LogP contribution is -2.30. The van der Waals surface area contributed by atoms with Crippen molar-refractivity contribution in [2.75, 3.05) is 12.4 Å². The fourth-order valence-corrected chi connectivity index (χ4v) is 2.66. The van der Waals surface area contributed by atoms with E-state index in [1.165, 1.54) is 23.1 Å². The molecule has 1 aromatic heterocycles. The summed E-state index contributed by atoms with van der Waals surface area (Å²) in [5.41, 5.74) is 2.38. The van der Waals surface area contributed by atoms with Gasteiger partial charge in [0, 0.05) is 30.6 Å². The highest BCUT2D eigenvalue weighted by Crippen LogP contribution is 2.19. The molecule has 3 aromatic rings. The van der Waals surface area contributed by atoms with Gasteiger partial charge in [-0.05, 0) is 17.7 Å². The van der Waals surface area contributed by atoms with E-state index in [1.807, 2.05) is 41.2 Å². The third kappa shape index (κ3) is 5.54. The molecule has 8 heteroatoms. The van der Waals surface area contributed by atoms with Crippen LogP contribution in [0.3, 0.4) is 0 Å². The Morgan fingerprint density at radius 1 is 1.18 bits per heavy atom. The van der Waals surface area contributed by atoms with Gasteiger partial charge in [0.1, 0.15) is 5.75 Å². The SMILES string of the molecule is CN(Cc1cnn(Cc2ccccc2)c1)C(=O)Nc1cccc(OC(F)F)c1. The Hall–Kier alpha value is -3.42. The van der Waals surface area contributed by atoms with Gasteiger partial charge in [0.15, 0.2) is 0 Å². The number of rotatable bonds is 7. The lowest BCUT2D eigenvalue weighted by Gasteiger charge is -2.17. The van der Waals surface area contributed by atoms with Gasteiger partial charge in [-0.15, -0.1) is 0 Å². The Morgan fingerprint density at radius 2 is 1.96 bits per heavy atom. The Labute approximate surface area is 161 Å². The van der Waals surface area contributed by atoms with Crippen molar-refractivity contribution < 1.29 is 18.3 Å². The first kappa shape index (κ1) is 19.3. The van der Waals surface area contributed by atoms with Crippen LogP contribution in [0.1, 0.15) is 11.1 Å². The molecule has 6 nitrogen and oxygen atoms in total. The molecule has 0 atom stereocenters. The number of alkyl halides is 2. The maximum atomic E-state index is 12.3. The van der Waals surface area contributed by atoms with E-state index in [9.17, 15) is 13.6 Å². The van der Waals surface area contributed by atoms with Gasteiger partial charge in [-0.3, -0.25) is 4.68 Å². The quantitative estimate of drug-likeness (QED) is 0.662. The Kier molecular flexibility index (Phi) is 6.21. The molecule has 0 aliphatic carbocycles. The Balaban J connectivity index is 1.56.